The molecular formula is C66H67ClN2S. The molecule has 0 aliphatic heterocycles. The molecule has 2 aliphatic rings. The van der Waals surface area contributed by atoms with Gasteiger partial charge >= 0.3 is 0 Å². The average Bonchev–Trinajstić information content (AvgIpc) is 3.80. The lowest BCUT2D eigenvalue weighted by atomic mass is 9.65. The molecule has 3 atom stereocenters. The Kier molecular flexibility index (Phi) is 14.7. The van der Waals surface area contributed by atoms with Gasteiger partial charge in [-0.15, -0.1) is 0 Å². The summed E-state index contributed by atoms with van der Waals surface area (Å²) < 4.78 is 2.31. The van der Waals surface area contributed by atoms with E-state index in [-0.39, 0.29) is 22.7 Å². The molecule has 1 fully saturated rings. The van der Waals surface area contributed by atoms with Crippen LogP contribution in [-0.2, 0) is 10.8 Å². The van der Waals surface area contributed by atoms with Gasteiger partial charge in [0.2, 0.25) is 0 Å². The van der Waals surface area contributed by atoms with Gasteiger partial charge in [0.1, 0.15) is 0 Å². The zero-order valence-electron chi connectivity index (χ0n) is 42.0. The molecule has 4 heteroatoms. The summed E-state index contributed by atoms with van der Waals surface area (Å²) in [5.41, 5.74) is 17.7. The molecule has 1 aromatic heterocycles. The first-order valence-electron chi connectivity index (χ1n) is 25.2. The molecule has 2 aliphatic carbocycles. The molecule has 3 unspecified atom stereocenters. The molecule has 0 amide bonds. The molecule has 0 spiro atoms. The van der Waals surface area contributed by atoms with Crippen molar-refractivity contribution in [3.05, 3.63) is 244 Å². The van der Waals surface area contributed by atoms with Gasteiger partial charge in [-0.3, -0.25) is 3.97 Å². The molecule has 0 bridgehead atoms. The number of nitrogens with one attached hydrogen (secondary N) is 1. The van der Waals surface area contributed by atoms with Crippen LogP contribution in [0.5, 0.6) is 0 Å². The maximum Gasteiger partial charge on any atom is 0.0618 e. The Morgan fingerprint density at radius 2 is 1.14 bits per heavy atom. The Labute approximate surface area is 427 Å². The van der Waals surface area contributed by atoms with E-state index in [9.17, 15) is 5.41 Å². The third kappa shape index (κ3) is 10.9. The molecule has 0 radical (unpaired) electrons. The van der Waals surface area contributed by atoms with Crippen LogP contribution in [0.2, 0.25) is 0 Å². The van der Waals surface area contributed by atoms with Crippen molar-refractivity contribution in [2.24, 2.45) is 5.92 Å². The maximum absolute atomic E-state index is 9.45. The van der Waals surface area contributed by atoms with E-state index < -0.39 is 0 Å². The third-order valence-corrected chi connectivity index (χ3v) is 15.8. The van der Waals surface area contributed by atoms with Gasteiger partial charge < -0.3 is 5.41 Å². The SMILES string of the molecule is C/C=C(\C(=C/C(=N)c1ccccc1)c1ccccc1)c1cc(C(C)(C)C)ccc1C1CC(C2=C(Cl)C=CCC2)CC(c2ccc(C(C)(C)C)cc2-c2cn(Sc3ccccc3)cc2-c2ccccc2)C1. The normalized spacial score (nSPS) is 18.0. The van der Waals surface area contributed by atoms with E-state index in [1.54, 1.807) is 11.9 Å². The number of halogens is 1. The monoisotopic (exact) mass is 954 g/mol. The van der Waals surface area contributed by atoms with Gasteiger partial charge in [0.25, 0.3) is 0 Å². The lowest BCUT2D eigenvalue weighted by Gasteiger charge is -2.39. The van der Waals surface area contributed by atoms with Gasteiger partial charge in [-0.1, -0.05) is 211 Å². The summed E-state index contributed by atoms with van der Waals surface area (Å²) in [6, 6.07) is 57.2. The van der Waals surface area contributed by atoms with Gasteiger partial charge in [-0.25, -0.2) is 0 Å². The Morgan fingerprint density at radius 1 is 0.600 bits per heavy atom. The quantitative estimate of drug-likeness (QED) is 0.0959. The van der Waals surface area contributed by atoms with Gasteiger partial charge in [-0.2, -0.15) is 0 Å². The van der Waals surface area contributed by atoms with E-state index in [4.69, 9.17) is 11.6 Å². The van der Waals surface area contributed by atoms with Gasteiger partial charge in [-0.05, 0) is 171 Å². The molecule has 0 saturated heterocycles. The number of nitrogens with zero attached hydrogens (tertiary/aromatic N) is 1. The third-order valence-electron chi connectivity index (χ3n) is 14.5. The second kappa shape index (κ2) is 21.1. The van der Waals surface area contributed by atoms with Crippen LogP contribution in [-0.4, -0.2) is 9.68 Å². The minimum Gasteiger partial charge on any atom is -0.300 e. The zero-order chi connectivity index (χ0) is 49.0. The number of benzene rings is 6. The first kappa shape index (κ1) is 48.9. The molecule has 9 rings (SSSR count). The van der Waals surface area contributed by atoms with Crippen molar-refractivity contribution in [2.75, 3.05) is 0 Å². The minimum absolute atomic E-state index is 0.0423. The molecule has 1 saturated carbocycles. The van der Waals surface area contributed by atoms with Crippen LogP contribution in [0.25, 0.3) is 33.4 Å². The average molecular weight is 956 g/mol. The number of hydrogen-bond acceptors (Lipinski definition) is 2. The fraction of sp³-hybridized carbons (Fsp3) is 0.258. The largest absolute Gasteiger partial charge is 0.300 e. The number of aromatic nitrogens is 1. The van der Waals surface area contributed by atoms with Gasteiger partial charge in [0.15, 0.2) is 0 Å². The summed E-state index contributed by atoms with van der Waals surface area (Å²) in [6.07, 6.45) is 18.5. The lowest BCUT2D eigenvalue weighted by Crippen LogP contribution is -2.25. The first-order chi connectivity index (χ1) is 33.7. The van der Waals surface area contributed by atoms with E-state index in [0.717, 1.165) is 59.4 Å². The molecule has 7 aromatic rings. The summed E-state index contributed by atoms with van der Waals surface area (Å²) in [4.78, 5) is 1.20. The first-order valence-corrected chi connectivity index (χ1v) is 26.3. The van der Waals surface area contributed by atoms with Crippen LogP contribution >= 0.6 is 23.5 Å². The van der Waals surface area contributed by atoms with Crippen LogP contribution in [0.3, 0.4) is 0 Å². The van der Waals surface area contributed by atoms with Crippen molar-refractivity contribution in [3.8, 4) is 22.3 Å². The zero-order valence-corrected chi connectivity index (χ0v) is 43.5. The van der Waals surface area contributed by atoms with E-state index >= 15 is 0 Å². The molecule has 6 aromatic carbocycles. The summed E-state index contributed by atoms with van der Waals surface area (Å²) in [6.45, 7) is 16.1. The van der Waals surface area contributed by atoms with E-state index in [1.807, 2.05) is 30.3 Å². The minimum atomic E-state index is -0.0702. The number of hydrogen-bond donors (Lipinski definition) is 1. The lowest BCUT2D eigenvalue weighted by molar-refractivity contribution is 0.315. The number of rotatable bonds is 12. The summed E-state index contributed by atoms with van der Waals surface area (Å²) in [5, 5.41) is 10.4. The van der Waals surface area contributed by atoms with Gasteiger partial charge in [0.05, 0.1) is 5.71 Å². The fourth-order valence-electron chi connectivity index (χ4n) is 10.8. The molecule has 1 heterocycles. The van der Waals surface area contributed by atoms with Crippen molar-refractivity contribution in [1.82, 2.24) is 3.97 Å². The van der Waals surface area contributed by atoms with Crippen LogP contribution in [0.4, 0.5) is 0 Å². The smallest absolute Gasteiger partial charge is 0.0618 e. The molecule has 70 heavy (non-hydrogen) atoms. The molecule has 1 N–H and O–H groups in total. The second-order valence-electron chi connectivity index (χ2n) is 21.3. The van der Waals surface area contributed by atoms with Crippen molar-refractivity contribution in [2.45, 2.75) is 108 Å². The van der Waals surface area contributed by atoms with Crippen LogP contribution < -0.4 is 0 Å². The summed E-state index contributed by atoms with van der Waals surface area (Å²) >= 11 is 9.05. The predicted octanol–water partition coefficient (Wildman–Crippen LogP) is 19.0. The second-order valence-corrected chi connectivity index (χ2v) is 22.8. The fourth-order valence-corrected chi connectivity index (χ4v) is 11.9. The molecule has 2 nitrogen and oxygen atoms in total. The van der Waals surface area contributed by atoms with E-state index in [0.29, 0.717) is 11.6 Å². The highest BCUT2D eigenvalue weighted by atomic mass is 35.5. The molecule has 354 valence electrons. The van der Waals surface area contributed by atoms with Crippen molar-refractivity contribution < 1.29 is 0 Å². The predicted molar refractivity (Wildman–Crippen MR) is 302 cm³/mol. The molecular weight excluding hydrogens is 888 g/mol. The highest BCUT2D eigenvalue weighted by Gasteiger charge is 2.37. The summed E-state index contributed by atoms with van der Waals surface area (Å²) in [5.74, 6) is 0.796. The Hall–Kier alpha value is -6.13. The van der Waals surface area contributed by atoms with Crippen LogP contribution in [0, 0.1) is 11.3 Å². The maximum atomic E-state index is 9.45. The Balaban J connectivity index is 1.23. The highest BCUT2D eigenvalue weighted by molar-refractivity contribution is 7.97. The Bertz CT molecular complexity index is 3080. The Morgan fingerprint density at radius 3 is 1.76 bits per heavy atom. The van der Waals surface area contributed by atoms with Crippen LogP contribution in [0.15, 0.2) is 210 Å². The standard InChI is InChI=1S/C66H67ClN2S/c1-8-54(58(45-23-13-9-14-24-45)42-64(68)47-27-17-11-18-28-47)59-40-51(65(2,3)4)33-35-55(59)48-37-49(39-50(38-48)57-31-21-22-32-63(57)67)56-36-34-52(66(5,6)7)41-60(56)62-44-69(70-53-29-19-12-20-30-53)43-61(62)46-25-15-10-16-26-46/h8-20,22-30,32-36,40-44,48-50,68H,21,31,37-39H2,1-7H3/b54-8+,58-42-,68-64?. The van der Waals surface area contributed by atoms with E-state index in [1.165, 1.54) is 60.5 Å². The van der Waals surface area contributed by atoms with E-state index in [2.05, 4.69) is 217 Å². The number of allylic oxidation sites excluding steroid dienone is 8. The summed E-state index contributed by atoms with van der Waals surface area (Å²) in [7, 11) is 0. The van der Waals surface area contributed by atoms with Gasteiger partial charge in [0, 0.05) is 33.4 Å². The highest BCUT2D eigenvalue weighted by Crippen LogP contribution is 2.53. The van der Waals surface area contributed by atoms with Crippen molar-refractivity contribution >= 4 is 40.4 Å². The topological polar surface area (TPSA) is 28.8 Å². The van der Waals surface area contributed by atoms with Crippen LogP contribution in [0.1, 0.15) is 131 Å². The van der Waals surface area contributed by atoms with Crippen molar-refractivity contribution in [3.63, 3.8) is 0 Å². The van der Waals surface area contributed by atoms with Crippen molar-refractivity contribution in [1.29, 1.82) is 5.41 Å².